The van der Waals surface area contributed by atoms with Gasteiger partial charge in [0, 0.05) is 46.9 Å². The van der Waals surface area contributed by atoms with Crippen molar-refractivity contribution >= 4 is 34.5 Å². The lowest BCUT2D eigenvalue weighted by Crippen LogP contribution is -2.02. The number of carbonyl (C=O) groups excluding carboxylic acids is 1. The van der Waals surface area contributed by atoms with Crippen molar-refractivity contribution in [3.05, 3.63) is 40.6 Å². The van der Waals surface area contributed by atoms with Gasteiger partial charge in [0.25, 0.3) is 0 Å². The Labute approximate surface area is 135 Å². The second-order valence-corrected chi connectivity index (χ2v) is 5.22. The first-order valence-electron chi connectivity index (χ1n) is 7.26. The number of aromatic nitrogens is 1. The molecule has 0 saturated heterocycles. The second-order valence-electron chi connectivity index (χ2n) is 4.79. The lowest BCUT2D eigenvalue weighted by Gasteiger charge is -2.06. The van der Waals surface area contributed by atoms with Crippen LogP contribution in [0.4, 0.5) is 0 Å². The highest BCUT2D eigenvalue weighted by atomic mass is 35.5. The van der Waals surface area contributed by atoms with Crippen molar-refractivity contribution < 1.29 is 14.3 Å². The van der Waals surface area contributed by atoms with E-state index in [9.17, 15) is 4.79 Å². The fourth-order valence-corrected chi connectivity index (χ4v) is 2.75. The molecule has 2 aromatic rings. The van der Waals surface area contributed by atoms with E-state index in [2.05, 4.69) is 11.5 Å². The minimum absolute atomic E-state index is 0.350. The van der Waals surface area contributed by atoms with Crippen LogP contribution in [0.1, 0.15) is 25.1 Å². The van der Waals surface area contributed by atoms with E-state index < -0.39 is 0 Å². The van der Waals surface area contributed by atoms with E-state index in [0.29, 0.717) is 18.2 Å². The highest BCUT2D eigenvalue weighted by molar-refractivity contribution is 6.31. The zero-order valence-electron chi connectivity index (χ0n) is 13.1. The van der Waals surface area contributed by atoms with Gasteiger partial charge in [-0.25, -0.2) is 4.79 Å². The third kappa shape index (κ3) is 3.34. The summed E-state index contributed by atoms with van der Waals surface area (Å²) >= 11 is 6.12. The van der Waals surface area contributed by atoms with Gasteiger partial charge in [-0.15, -0.1) is 0 Å². The highest BCUT2D eigenvalue weighted by Gasteiger charge is 2.15. The summed E-state index contributed by atoms with van der Waals surface area (Å²) in [7, 11) is 1.65. The number of methoxy groups -OCH3 is 1. The summed E-state index contributed by atoms with van der Waals surface area (Å²) in [5, 5.41) is 1.72. The number of ether oxygens (including phenoxy) is 2. The number of aryl methyl sites for hydroxylation is 1. The van der Waals surface area contributed by atoms with Crippen molar-refractivity contribution in [2.75, 3.05) is 13.7 Å². The van der Waals surface area contributed by atoms with Crippen molar-refractivity contribution in [3.8, 4) is 0 Å². The molecule has 0 spiro atoms. The SMILES string of the molecule is CCOC(=O)/C=C/c1c(COC)c2cc(Cl)ccc2n1CC. The van der Waals surface area contributed by atoms with E-state index in [1.807, 2.05) is 18.2 Å². The number of hydrogen-bond donors (Lipinski definition) is 0. The number of rotatable bonds is 6. The van der Waals surface area contributed by atoms with Crippen LogP contribution in [0.15, 0.2) is 24.3 Å². The molecule has 0 N–H and O–H groups in total. The largest absolute Gasteiger partial charge is 0.463 e. The number of halogens is 1. The van der Waals surface area contributed by atoms with Crippen LogP contribution in [0.2, 0.25) is 5.02 Å². The second kappa shape index (κ2) is 7.47. The Kier molecular flexibility index (Phi) is 5.63. The smallest absolute Gasteiger partial charge is 0.330 e. The van der Waals surface area contributed by atoms with Gasteiger partial charge < -0.3 is 14.0 Å². The zero-order valence-corrected chi connectivity index (χ0v) is 13.8. The van der Waals surface area contributed by atoms with E-state index in [1.165, 1.54) is 6.08 Å². The van der Waals surface area contributed by atoms with Gasteiger partial charge in [-0.3, -0.25) is 0 Å². The fraction of sp³-hybridized carbons (Fsp3) is 0.353. The molecule has 0 saturated carbocycles. The zero-order chi connectivity index (χ0) is 16.1. The summed E-state index contributed by atoms with van der Waals surface area (Å²) in [5.41, 5.74) is 3.03. The molecule has 0 aliphatic carbocycles. The molecule has 0 amide bonds. The van der Waals surface area contributed by atoms with Crippen molar-refractivity contribution in [1.29, 1.82) is 0 Å². The first-order chi connectivity index (χ1) is 10.6. The first kappa shape index (κ1) is 16.6. The lowest BCUT2D eigenvalue weighted by molar-refractivity contribution is -0.137. The third-order valence-corrected chi connectivity index (χ3v) is 3.68. The van der Waals surface area contributed by atoms with Gasteiger partial charge in [0.15, 0.2) is 0 Å². The molecular formula is C17H20ClNO3. The van der Waals surface area contributed by atoms with Gasteiger partial charge in [0.1, 0.15) is 0 Å². The van der Waals surface area contributed by atoms with Crippen molar-refractivity contribution in [2.45, 2.75) is 27.0 Å². The Morgan fingerprint density at radius 1 is 1.36 bits per heavy atom. The number of benzene rings is 1. The molecule has 0 fully saturated rings. The fourth-order valence-electron chi connectivity index (χ4n) is 2.58. The van der Waals surface area contributed by atoms with E-state index >= 15 is 0 Å². The van der Waals surface area contributed by atoms with E-state index in [1.54, 1.807) is 20.1 Å². The van der Waals surface area contributed by atoms with E-state index in [4.69, 9.17) is 21.1 Å². The van der Waals surface area contributed by atoms with Crippen LogP contribution in [-0.2, 0) is 27.4 Å². The Morgan fingerprint density at radius 3 is 2.77 bits per heavy atom. The van der Waals surface area contributed by atoms with Crippen LogP contribution in [-0.4, -0.2) is 24.3 Å². The molecule has 0 atom stereocenters. The molecule has 4 nitrogen and oxygen atoms in total. The molecule has 1 aromatic carbocycles. The van der Waals surface area contributed by atoms with Crippen LogP contribution < -0.4 is 0 Å². The van der Waals surface area contributed by atoms with Crippen molar-refractivity contribution in [3.63, 3.8) is 0 Å². The number of esters is 1. The van der Waals surface area contributed by atoms with E-state index in [0.717, 1.165) is 28.7 Å². The molecule has 0 unspecified atom stereocenters. The van der Waals surface area contributed by atoms with Crippen LogP contribution in [0.3, 0.4) is 0 Å². The first-order valence-corrected chi connectivity index (χ1v) is 7.64. The number of nitrogens with zero attached hydrogens (tertiary/aromatic N) is 1. The molecule has 1 aromatic heterocycles. The van der Waals surface area contributed by atoms with Crippen molar-refractivity contribution in [2.24, 2.45) is 0 Å². The van der Waals surface area contributed by atoms with Crippen LogP contribution in [0.25, 0.3) is 17.0 Å². The summed E-state index contributed by atoms with van der Waals surface area (Å²) < 4.78 is 12.4. The monoisotopic (exact) mass is 321 g/mol. The molecule has 0 radical (unpaired) electrons. The highest BCUT2D eigenvalue weighted by Crippen LogP contribution is 2.30. The molecular weight excluding hydrogens is 302 g/mol. The maximum atomic E-state index is 11.6. The Morgan fingerprint density at radius 2 is 2.14 bits per heavy atom. The molecule has 118 valence electrons. The summed E-state index contributed by atoms with van der Waals surface area (Å²) in [6, 6.07) is 5.78. The van der Waals surface area contributed by atoms with Crippen LogP contribution >= 0.6 is 11.6 Å². The van der Waals surface area contributed by atoms with Gasteiger partial charge in [-0.1, -0.05) is 11.6 Å². The maximum absolute atomic E-state index is 11.6. The predicted octanol–water partition coefficient (Wildman–Crippen LogP) is 4.04. The number of hydrogen-bond acceptors (Lipinski definition) is 3. The standard InChI is InChI=1S/C17H20ClNO3/c1-4-19-15-7-6-12(18)10-13(15)14(11-21-3)16(19)8-9-17(20)22-5-2/h6-10H,4-5,11H2,1-3H3/b9-8+. The third-order valence-electron chi connectivity index (χ3n) is 3.44. The predicted molar refractivity (Wildman–Crippen MR) is 89.0 cm³/mol. The van der Waals surface area contributed by atoms with Gasteiger partial charge in [-0.2, -0.15) is 0 Å². The summed E-state index contributed by atoms with van der Waals surface area (Å²) in [6.07, 6.45) is 3.23. The summed E-state index contributed by atoms with van der Waals surface area (Å²) in [4.78, 5) is 11.6. The molecule has 2 rings (SSSR count). The van der Waals surface area contributed by atoms with Gasteiger partial charge >= 0.3 is 5.97 Å². The molecule has 1 heterocycles. The summed E-state index contributed by atoms with van der Waals surface area (Å²) in [5.74, 6) is -0.350. The average Bonchev–Trinajstić information content (AvgIpc) is 2.78. The molecule has 22 heavy (non-hydrogen) atoms. The lowest BCUT2D eigenvalue weighted by atomic mass is 10.1. The molecule has 0 aliphatic rings. The summed E-state index contributed by atoms with van der Waals surface area (Å²) in [6.45, 7) is 5.44. The maximum Gasteiger partial charge on any atom is 0.330 e. The van der Waals surface area contributed by atoms with Crippen molar-refractivity contribution in [1.82, 2.24) is 4.57 Å². The number of fused-ring (bicyclic) bond motifs is 1. The normalized spacial score (nSPS) is 11.5. The minimum Gasteiger partial charge on any atom is -0.463 e. The van der Waals surface area contributed by atoms with Gasteiger partial charge in [0.2, 0.25) is 0 Å². The quantitative estimate of drug-likeness (QED) is 0.595. The molecule has 0 bridgehead atoms. The Hall–Kier alpha value is -1.78. The van der Waals surface area contributed by atoms with Gasteiger partial charge in [-0.05, 0) is 38.1 Å². The van der Waals surface area contributed by atoms with E-state index in [-0.39, 0.29) is 5.97 Å². The average molecular weight is 322 g/mol. The van der Waals surface area contributed by atoms with Crippen LogP contribution in [0, 0.1) is 0 Å². The van der Waals surface area contributed by atoms with Gasteiger partial charge in [0.05, 0.1) is 13.2 Å². The minimum atomic E-state index is -0.350. The molecule has 5 heteroatoms. The molecule has 0 aliphatic heterocycles. The topological polar surface area (TPSA) is 40.5 Å². The van der Waals surface area contributed by atoms with Crippen LogP contribution in [0.5, 0.6) is 0 Å². The Bertz CT molecular complexity index is 703. The number of carbonyl (C=O) groups is 1. The Balaban J connectivity index is 2.59.